The van der Waals surface area contributed by atoms with E-state index in [1.807, 2.05) is 4.72 Å². The topological polar surface area (TPSA) is 115 Å². The van der Waals surface area contributed by atoms with Crippen LogP contribution >= 0.6 is 0 Å². The van der Waals surface area contributed by atoms with E-state index in [0.717, 1.165) is 6.07 Å². The molecular formula is C10H13F2N3O3S. The van der Waals surface area contributed by atoms with Crippen molar-refractivity contribution in [1.82, 2.24) is 4.72 Å². The molecule has 1 rings (SSSR count). The van der Waals surface area contributed by atoms with Crippen molar-refractivity contribution in [3.8, 4) is 0 Å². The van der Waals surface area contributed by atoms with E-state index in [1.54, 1.807) is 0 Å². The summed E-state index contributed by atoms with van der Waals surface area (Å²) in [6.45, 7) is -0.124. The maximum atomic E-state index is 13.4. The molecule has 0 aliphatic heterocycles. The van der Waals surface area contributed by atoms with E-state index in [2.05, 4.69) is 0 Å². The minimum Gasteiger partial charge on any atom is -0.399 e. The highest BCUT2D eigenvalue weighted by atomic mass is 32.2. The van der Waals surface area contributed by atoms with Crippen LogP contribution in [0.5, 0.6) is 0 Å². The van der Waals surface area contributed by atoms with Crippen molar-refractivity contribution in [1.29, 1.82) is 0 Å². The van der Waals surface area contributed by atoms with Crippen LogP contribution in [0.4, 0.5) is 14.5 Å². The Labute approximate surface area is 108 Å². The van der Waals surface area contributed by atoms with Gasteiger partial charge in [0.05, 0.1) is 0 Å². The highest BCUT2D eigenvalue weighted by molar-refractivity contribution is 7.89. The predicted molar refractivity (Wildman–Crippen MR) is 64.4 cm³/mol. The molecule has 5 N–H and O–H groups in total. The molecule has 0 saturated heterocycles. The first-order chi connectivity index (χ1) is 8.74. The van der Waals surface area contributed by atoms with Crippen molar-refractivity contribution in [2.45, 2.75) is 17.7 Å². The molecule has 0 heterocycles. The number of nitrogen functional groups attached to an aromatic ring is 1. The second-order valence-corrected chi connectivity index (χ2v) is 5.52. The van der Waals surface area contributed by atoms with E-state index in [9.17, 15) is 22.0 Å². The Kier molecular flexibility index (Phi) is 4.78. The summed E-state index contributed by atoms with van der Waals surface area (Å²) in [5.41, 5.74) is 9.92. The molecule has 1 amide bonds. The molecule has 9 heteroatoms. The van der Waals surface area contributed by atoms with Crippen molar-refractivity contribution in [2.75, 3.05) is 12.3 Å². The number of amides is 1. The molecule has 0 aliphatic carbocycles. The van der Waals surface area contributed by atoms with Gasteiger partial charge in [0.1, 0.15) is 4.90 Å². The summed E-state index contributed by atoms with van der Waals surface area (Å²) in [5.74, 6) is -3.44. The molecule has 0 bridgehead atoms. The van der Waals surface area contributed by atoms with Gasteiger partial charge in [0.25, 0.3) is 0 Å². The standard InChI is InChI=1S/C10H13F2N3O3S/c11-7-4-6(13)5-8(10(7)12)19(17,18)15-3-1-2-9(14)16/h4-5,15H,1-3,13H2,(H2,14,16). The molecule has 0 radical (unpaired) electrons. The number of hydrogen-bond donors (Lipinski definition) is 3. The Hall–Kier alpha value is -1.74. The highest BCUT2D eigenvalue weighted by Gasteiger charge is 2.22. The molecule has 1 aromatic carbocycles. The summed E-state index contributed by atoms with van der Waals surface area (Å²) in [5, 5.41) is 0. The summed E-state index contributed by atoms with van der Waals surface area (Å²) < 4.78 is 51.9. The van der Waals surface area contributed by atoms with Gasteiger partial charge in [-0.15, -0.1) is 0 Å². The fourth-order valence-corrected chi connectivity index (χ4v) is 2.52. The van der Waals surface area contributed by atoms with Crippen molar-refractivity contribution in [3.63, 3.8) is 0 Å². The molecule has 19 heavy (non-hydrogen) atoms. The van der Waals surface area contributed by atoms with Crippen LogP contribution in [-0.2, 0) is 14.8 Å². The number of nitrogens with one attached hydrogen (secondary N) is 1. The summed E-state index contributed by atoms with van der Waals surface area (Å²) in [4.78, 5) is 9.58. The molecule has 1 aromatic rings. The fraction of sp³-hybridized carbons (Fsp3) is 0.300. The third kappa shape index (κ3) is 4.14. The monoisotopic (exact) mass is 293 g/mol. The molecule has 0 aliphatic rings. The van der Waals surface area contributed by atoms with Gasteiger partial charge in [-0.3, -0.25) is 4.79 Å². The van der Waals surface area contributed by atoms with Crippen molar-refractivity contribution >= 4 is 21.6 Å². The van der Waals surface area contributed by atoms with Crippen LogP contribution < -0.4 is 16.2 Å². The molecule has 0 fully saturated rings. The van der Waals surface area contributed by atoms with Crippen molar-refractivity contribution in [3.05, 3.63) is 23.8 Å². The largest absolute Gasteiger partial charge is 0.399 e. The number of benzene rings is 1. The first kappa shape index (κ1) is 15.3. The number of rotatable bonds is 6. The Bertz CT molecular complexity index is 590. The number of sulfonamides is 1. The lowest BCUT2D eigenvalue weighted by atomic mass is 10.3. The summed E-state index contributed by atoms with van der Waals surface area (Å²) >= 11 is 0. The second-order valence-electron chi connectivity index (χ2n) is 3.78. The van der Waals surface area contributed by atoms with Crippen LogP contribution in [0.1, 0.15) is 12.8 Å². The first-order valence-electron chi connectivity index (χ1n) is 5.26. The molecule has 6 nitrogen and oxygen atoms in total. The zero-order chi connectivity index (χ0) is 14.6. The number of primary amides is 1. The Morgan fingerprint density at radius 3 is 2.53 bits per heavy atom. The summed E-state index contributed by atoms with van der Waals surface area (Å²) in [6, 6.07) is 1.50. The minimum atomic E-state index is -4.23. The SMILES string of the molecule is NC(=O)CCCNS(=O)(=O)c1cc(N)cc(F)c1F. The molecule has 0 spiro atoms. The quantitative estimate of drug-likeness (QED) is 0.509. The fourth-order valence-electron chi connectivity index (χ4n) is 1.33. The number of anilines is 1. The molecule has 0 unspecified atom stereocenters. The molecular weight excluding hydrogens is 280 g/mol. The summed E-state index contributed by atoms with van der Waals surface area (Å²) in [6.07, 6.45) is 0.136. The average molecular weight is 293 g/mol. The highest BCUT2D eigenvalue weighted by Crippen LogP contribution is 2.20. The number of carbonyl (C=O) groups excluding carboxylic acids is 1. The van der Waals surface area contributed by atoms with Gasteiger partial charge in [-0.25, -0.2) is 21.9 Å². The zero-order valence-electron chi connectivity index (χ0n) is 9.82. The maximum absolute atomic E-state index is 13.4. The van der Waals surface area contributed by atoms with E-state index in [4.69, 9.17) is 11.5 Å². The predicted octanol–water partition coefficient (Wildman–Crippen LogP) is 0.0908. The van der Waals surface area contributed by atoms with Gasteiger partial charge in [-0.1, -0.05) is 0 Å². The number of hydrogen-bond acceptors (Lipinski definition) is 4. The first-order valence-corrected chi connectivity index (χ1v) is 6.75. The van der Waals surface area contributed by atoms with Crippen LogP contribution in [0.15, 0.2) is 17.0 Å². The average Bonchev–Trinajstić information content (AvgIpc) is 2.29. The van der Waals surface area contributed by atoms with Crippen LogP contribution in [0, 0.1) is 11.6 Å². The van der Waals surface area contributed by atoms with Gasteiger partial charge in [0.15, 0.2) is 11.6 Å². The Morgan fingerprint density at radius 2 is 1.95 bits per heavy atom. The smallest absolute Gasteiger partial charge is 0.243 e. The Balaban J connectivity index is 2.86. The lowest BCUT2D eigenvalue weighted by Gasteiger charge is -2.08. The number of carbonyl (C=O) groups is 1. The lowest BCUT2D eigenvalue weighted by molar-refractivity contribution is -0.118. The minimum absolute atomic E-state index is 0.0176. The molecule has 106 valence electrons. The van der Waals surface area contributed by atoms with E-state index in [0.29, 0.717) is 6.07 Å². The third-order valence-electron chi connectivity index (χ3n) is 2.20. The molecule has 0 saturated carbocycles. The van der Waals surface area contributed by atoms with Crippen LogP contribution in [0.2, 0.25) is 0 Å². The Morgan fingerprint density at radius 1 is 1.32 bits per heavy atom. The maximum Gasteiger partial charge on any atom is 0.243 e. The van der Waals surface area contributed by atoms with E-state index in [1.165, 1.54) is 0 Å². The van der Waals surface area contributed by atoms with Gasteiger partial charge in [-0.2, -0.15) is 0 Å². The van der Waals surface area contributed by atoms with E-state index < -0.39 is 32.5 Å². The van der Waals surface area contributed by atoms with Crippen molar-refractivity contribution in [2.24, 2.45) is 5.73 Å². The van der Waals surface area contributed by atoms with Gasteiger partial charge >= 0.3 is 0 Å². The van der Waals surface area contributed by atoms with Crippen LogP contribution in [0.25, 0.3) is 0 Å². The number of halogens is 2. The van der Waals surface area contributed by atoms with Gasteiger partial charge in [0, 0.05) is 18.7 Å². The van der Waals surface area contributed by atoms with Crippen LogP contribution in [-0.4, -0.2) is 20.9 Å². The van der Waals surface area contributed by atoms with E-state index >= 15 is 0 Å². The normalized spacial score (nSPS) is 11.5. The lowest BCUT2D eigenvalue weighted by Crippen LogP contribution is -2.27. The number of nitrogens with two attached hydrogens (primary N) is 2. The molecule has 0 atom stereocenters. The molecule has 0 aromatic heterocycles. The van der Waals surface area contributed by atoms with Crippen LogP contribution in [0.3, 0.4) is 0 Å². The zero-order valence-corrected chi connectivity index (χ0v) is 10.6. The second kappa shape index (κ2) is 5.93. The third-order valence-corrected chi connectivity index (χ3v) is 3.66. The van der Waals surface area contributed by atoms with Gasteiger partial charge < -0.3 is 11.5 Å². The van der Waals surface area contributed by atoms with E-state index in [-0.39, 0.29) is 25.1 Å². The summed E-state index contributed by atoms with van der Waals surface area (Å²) in [7, 11) is -4.23. The van der Waals surface area contributed by atoms with Gasteiger partial charge in [0.2, 0.25) is 15.9 Å². The van der Waals surface area contributed by atoms with Crippen molar-refractivity contribution < 1.29 is 22.0 Å². The van der Waals surface area contributed by atoms with Gasteiger partial charge in [-0.05, 0) is 18.6 Å².